The van der Waals surface area contributed by atoms with E-state index in [1.807, 2.05) is 0 Å². The molecule has 1 unspecified atom stereocenters. The highest BCUT2D eigenvalue weighted by molar-refractivity contribution is 5.79. The van der Waals surface area contributed by atoms with Gasteiger partial charge in [0.2, 0.25) is 0 Å². The molecule has 5 heteroatoms. The topological polar surface area (TPSA) is 58.6 Å². The van der Waals surface area contributed by atoms with Gasteiger partial charge in [0.25, 0.3) is 6.43 Å². The Kier molecular flexibility index (Phi) is 5.82. The molecular formula is C19H20F2N2O. The van der Waals surface area contributed by atoms with E-state index >= 15 is 0 Å². The Morgan fingerprint density at radius 2 is 1.75 bits per heavy atom. The van der Waals surface area contributed by atoms with E-state index in [-0.39, 0.29) is 5.56 Å². The van der Waals surface area contributed by atoms with Crippen molar-refractivity contribution in [3.8, 4) is 11.1 Å². The molecule has 0 bridgehead atoms. The van der Waals surface area contributed by atoms with E-state index < -0.39 is 12.5 Å². The van der Waals surface area contributed by atoms with Crippen molar-refractivity contribution in [1.29, 1.82) is 0 Å². The average Bonchev–Trinajstić information content (AvgIpc) is 2.54. The normalized spacial score (nSPS) is 14.1. The van der Waals surface area contributed by atoms with E-state index in [0.717, 1.165) is 5.56 Å². The minimum absolute atomic E-state index is 0.00816. The van der Waals surface area contributed by atoms with Crippen LogP contribution in [0.2, 0.25) is 0 Å². The third-order valence-electron chi connectivity index (χ3n) is 3.47. The number of aliphatic imine (C=N–C) groups is 1. The predicted octanol–water partition coefficient (Wildman–Crippen LogP) is 4.39. The van der Waals surface area contributed by atoms with Crippen molar-refractivity contribution in [2.75, 3.05) is 0 Å². The minimum atomic E-state index is -2.52. The number of benzene rings is 2. The molecule has 0 saturated carbocycles. The van der Waals surface area contributed by atoms with Gasteiger partial charge in [0.05, 0.1) is 17.6 Å². The van der Waals surface area contributed by atoms with Gasteiger partial charge in [-0.3, -0.25) is 0 Å². The molecule has 0 spiro atoms. The smallest absolute Gasteiger partial charge is 0.264 e. The summed E-state index contributed by atoms with van der Waals surface area (Å²) in [6.45, 7) is 3.24. The number of aliphatic hydroxyl groups excluding tert-OH is 1. The van der Waals surface area contributed by atoms with Gasteiger partial charge < -0.3 is 10.8 Å². The maximum absolute atomic E-state index is 13.1. The second-order valence-electron chi connectivity index (χ2n) is 5.51. The Bertz CT molecular complexity index is 746. The summed E-state index contributed by atoms with van der Waals surface area (Å²) in [5.41, 5.74) is 8.02. The van der Waals surface area contributed by atoms with Crippen LogP contribution in [-0.2, 0) is 0 Å². The zero-order chi connectivity index (χ0) is 17.7. The monoisotopic (exact) mass is 330 g/mol. The first kappa shape index (κ1) is 17.8. The third kappa shape index (κ3) is 4.49. The fourth-order valence-electron chi connectivity index (χ4n) is 2.33. The Morgan fingerprint density at radius 3 is 2.29 bits per heavy atom. The van der Waals surface area contributed by atoms with Gasteiger partial charge in [0.1, 0.15) is 0 Å². The molecule has 126 valence electrons. The van der Waals surface area contributed by atoms with E-state index in [4.69, 9.17) is 5.73 Å². The molecule has 0 radical (unpaired) electrons. The maximum atomic E-state index is 13.1. The molecule has 24 heavy (non-hydrogen) atoms. The number of alkyl halides is 2. The number of amidine groups is 1. The van der Waals surface area contributed by atoms with Crippen LogP contribution in [0.4, 0.5) is 8.78 Å². The summed E-state index contributed by atoms with van der Waals surface area (Å²) in [7, 11) is 0. The number of aliphatic hydroxyl groups is 1. The van der Waals surface area contributed by atoms with Gasteiger partial charge in [0, 0.05) is 5.56 Å². The van der Waals surface area contributed by atoms with Crippen LogP contribution in [0.3, 0.4) is 0 Å². The Hall–Kier alpha value is -2.53. The molecule has 0 aliphatic carbocycles. The number of halogens is 2. The Labute approximate surface area is 140 Å². The number of hydrogen-bond donors (Lipinski definition) is 2. The minimum Gasteiger partial charge on any atom is -0.387 e. The van der Waals surface area contributed by atoms with Crippen LogP contribution in [-0.4, -0.2) is 17.0 Å². The summed E-state index contributed by atoms with van der Waals surface area (Å²) in [6.07, 6.45) is -1.57. The number of hydrogen-bond acceptors (Lipinski definition) is 2. The lowest BCUT2D eigenvalue weighted by atomic mass is 9.98. The van der Waals surface area contributed by atoms with Crippen LogP contribution >= 0.6 is 0 Å². The quantitative estimate of drug-likeness (QED) is 0.631. The van der Waals surface area contributed by atoms with Gasteiger partial charge in [-0.2, -0.15) is 0 Å². The lowest BCUT2D eigenvalue weighted by Gasteiger charge is -2.10. The summed E-state index contributed by atoms with van der Waals surface area (Å²) >= 11 is 0. The molecule has 2 aromatic rings. The first-order chi connectivity index (χ1) is 11.4. The van der Waals surface area contributed by atoms with Crippen LogP contribution in [0, 0.1) is 0 Å². The Morgan fingerprint density at radius 1 is 1.12 bits per heavy atom. The zero-order valence-electron chi connectivity index (χ0n) is 13.6. The molecule has 3 nitrogen and oxygen atoms in total. The van der Waals surface area contributed by atoms with Crippen molar-refractivity contribution in [1.82, 2.24) is 0 Å². The molecule has 0 aliphatic rings. The van der Waals surface area contributed by atoms with Crippen LogP contribution in [0.1, 0.15) is 31.4 Å². The van der Waals surface area contributed by atoms with E-state index in [2.05, 4.69) is 4.99 Å². The van der Waals surface area contributed by atoms with Crippen molar-refractivity contribution in [2.24, 2.45) is 10.7 Å². The molecule has 0 fully saturated rings. The highest BCUT2D eigenvalue weighted by Crippen LogP contribution is 2.31. The fourth-order valence-corrected chi connectivity index (χ4v) is 2.33. The molecule has 0 saturated heterocycles. The third-order valence-corrected chi connectivity index (χ3v) is 3.47. The summed E-state index contributed by atoms with van der Waals surface area (Å²) in [5.74, 6) is 0.352. The maximum Gasteiger partial charge on any atom is 0.264 e. The summed E-state index contributed by atoms with van der Waals surface area (Å²) in [4.78, 5) is 4.10. The summed E-state index contributed by atoms with van der Waals surface area (Å²) < 4.78 is 26.2. The van der Waals surface area contributed by atoms with Crippen molar-refractivity contribution in [3.05, 3.63) is 65.4 Å². The number of rotatable bonds is 5. The van der Waals surface area contributed by atoms with Crippen molar-refractivity contribution in [2.45, 2.75) is 26.4 Å². The molecule has 0 amide bonds. The van der Waals surface area contributed by atoms with Crippen molar-refractivity contribution >= 4 is 11.9 Å². The predicted molar refractivity (Wildman–Crippen MR) is 93.8 cm³/mol. The standard InChI is InChI=1S/C19H20F2N2O/c1-12(24)18(23-13(2)22)11-14-7-9-15(10-8-14)16-5-3-4-6-17(16)19(20)21/h3-12,19,24H,1-2H3,(H2,22,23)/b18-11-. The Balaban J connectivity index is 2.37. The molecule has 2 aromatic carbocycles. The SMILES string of the molecule is CC(N)=N/C(=C\c1ccc(-c2ccccc2C(F)F)cc1)C(C)O. The van der Waals surface area contributed by atoms with Gasteiger partial charge in [-0.15, -0.1) is 0 Å². The number of nitrogens with two attached hydrogens (primary N) is 1. The molecule has 3 N–H and O–H groups in total. The summed E-state index contributed by atoms with van der Waals surface area (Å²) in [6, 6.07) is 13.6. The van der Waals surface area contributed by atoms with Crippen LogP contribution in [0.15, 0.2) is 59.2 Å². The molecule has 2 rings (SSSR count). The van der Waals surface area contributed by atoms with Crippen molar-refractivity contribution < 1.29 is 13.9 Å². The zero-order valence-corrected chi connectivity index (χ0v) is 13.6. The van der Waals surface area contributed by atoms with Gasteiger partial charge in [0.15, 0.2) is 0 Å². The van der Waals surface area contributed by atoms with Crippen LogP contribution < -0.4 is 5.73 Å². The first-order valence-corrected chi connectivity index (χ1v) is 7.56. The lowest BCUT2D eigenvalue weighted by Crippen LogP contribution is -2.10. The van der Waals surface area contributed by atoms with Crippen LogP contribution in [0.5, 0.6) is 0 Å². The van der Waals surface area contributed by atoms with Crippen molar-refractivity contribution in [3.63, 3.8) is 0 Å². The van der Waals surface area contributed by atoms with Gasteiger partial charge >= 0.3 is 0 Å². The molecule has 1 atom stereocenters. The van der Waals surface area contributed by atoms with E-state index in [0.29, 0.717) is 22.7 Å². The van der Waals surface area contributed by atoms with Gasteiger partial charge in [-0.25, -0.2) is 13.8 Å². The van der Waals surface area contributed by atoms with Gasteiger partial charge in [-0.1, -0.05) is 48.5 Å². The van der Waals surface area contributed by atoms with E-state index in [1.165, 1.54) is 6.07 Å². The van der Waals surface area contributed by atoms with E-state index in [9.17, 15) is 13.9 Å². The number of nitrogens with zero attached hydrogens (tertiary/aromatic N) is 1. The van der Waals surface area contributed by atoms with E-state index in [1.54, 1.807) is 62.4 Å². The average molecular weight is 330 g/mol. The molecular weight excluding hydrogens is 310 g/mol. The highest BCUT2D eigenvalue weighted by Gasteiger charge is 2.13. The highest BCUT2D eigenvalue weighted by atomic mass is 19.3. The second-order valence-corrected chi connectivity index (χ2v) is 5.51. The molecule has 0 aliphatic heterocycles. The van der Waals surface area contributed by atoms with Crippen LogP contribution in [0.25, 0.3) is 17.2 Å². The second kappa shape index (κ2) is 7.84. The fraction of sp³-hybridized carbons (Fsp3) is 0.211. The first-order valence-electron chi connectivity index (χ1n) is 7.56. The molecule has 0 heterocycles. The van der Waals surface area contributed by atoms with Gasteiger partial charge in [-0.05, 0) is 36.6 Å². The largest absolute Gasteiger partial charge is 0.387 e. The molecule has 0 aromatic heterocycles. The summed E-state index contributed by atoms with van der Waals surface area (Å²) in [5, 5.41) is 9.74. The lowest BCUT2D eigenvalue weighted by molar-refractivity contribution is 0.152.